The maximum atomic E-state index is 11.3. The van der Waals surface area contributed by atoms with Crippen LogP contribution in [-0.2, 0) is 6.54 Å². The number of carbonyl (C=O) groups is 1. The number of hydrogen-bond donors (Lipinski definition) is 1. The Morgan fingerprint density at radius 1 is 1.56 bits per heavy atom. The molecule has 0 spiro atoms. The topological polar surface area (TPSA) is 85.0 Å². The van der Waals surface area contributed by atoms with Gasteiger partial charge >= 0.3 is 0 Å². The van der Waals surface area contributed by atoms with Crippen LogP contribution in [0.3, 0.4) is 0 Å². The fourth-order valence-corrected chi connectivity index (χ4v) is 2.25. The van der Waals surface area contributed by atoms with Crippen molar-refractivity contribution in [3.63, 3.8) is 0 Å². The van der Waals surface area contributed by atoms with Crippen molar-refractivity contribution in [2.24, 2.45) is 5.73 Å². The summed E-state index contributed by atoms with van der Waals surface area (Å²) < 4.78 is 0. The second-order valence-electron chi connectivity index (χ2n) is 3.55. The molecular weight excluding hydrogens is 274 g/mol. The van der Waals surface area contributed by atoms with Crippen LogP contribution in [0.15, 0.2) is 17.6 Å². The van der Waals surface area contributed by atoms with Gasteiger partial charge in [0.05, 0.1) is 12.1 Å². The Kier molecular flexibility index (Phi) is 3.73. The van der Waals surface area contributed by atoms with Crippen molar-refractivity contribution in [2.75, 3.05) is 11.9 Å². The van der Waals surface area contributed by atoms with Crippen molar-refractivity contribution in [3.05, 3.63) is 33.4 Å². The quantitative estimate of drug-likeness (QED) is 0.915. The molecule has 0 aliphatic heterocycles. The van der Waals surface area contributed by atoms with E-state index in [1.807, 2.05) is 5.38 Å². The average molecular weight is 284 g/mol. The molecule has 94 valence electrons. The Hall–Kier alpha value is -1.73. The van der Waals surface area contributed by atoms with Gasteiger partial charge in [-0.15, -0.1) is 21.5 Å². The molecule has 2 aromatic rings. The zero-order chi connectivity index (χ0) is 13.1. The third kappa shape index (κ3) is 2.74. The molecule has 0 unspecified atom stereocenters. The van der Waals surface area contributed by atoms with E-state index < -0.39 is 5.91 Å². The van der Waals surface area contributed by atoms with Crippen LogP contribution < -0.4 is 10.6 Å². The standard InChI is InChI=1S/C10H10ClN5OS/c1-16(5-8-13-2-3-18-8)10-6(9(12)17)4-7(11)14-15-10/h2-4H,5H2,1H3,(H2,12,17). The van der Waals surface area contributed by atoms with E-state index in [0.29, 0.717) is 12.4 Å². The summed E-state index contributed by atoms with van der Waals surface area (Å²) in [7, 11) is 1.78. The van der Waals surface area contributed by atoms with E-state index in [9.17, 15) is 4.79 Å². The summed E-state index contributed by atoms with van der Waals surface area (Å²) in [6, 6.07) is 1.41. The van der Waals surface area contributed by atoms with Gasteiger partial charge in [0.2, 0.25) is 0 Å². The fourth-order valence-electron chi connectivity index (χ4n) is 1.43. The number of halogens is 1. The van der Waals surface area contributed by atoms with E-state index >= 15 is 0 Å². The van der Waals surface area contributed by atoms with Crippen LogP contribution >= 0.6 is 22.9 Å². The highest BCUT2D eigenvalue weighted by molar-refractivity contribution is 7.09. The lowest BCUT2D eigenvalue weighted by Gasteiger charge is -2.18. The van der Waals surface area contributed by atoms with Crippen LogP contribution in [0.4, 0.5) is 5.82 Å². The van der Waals surface area contributed by atoms with Gasteiger partial charge in [-0.1, -0.05) is 11.6 Å². The van der Waals surface area contributed by atoms with Crippen molar-refractivity contribution >= 4 is 34.7 Å². The highest BCUT2D eigenvalue weighted by Gasteiger charge is 2.16. The Bertz CT molecular complexity index is 559. The van der Waals surface area contributed by atoms with Crippen LogP contribution in [0.1, 0.15) is 15.4 Å². The number of aromatic nitrogens is 3. The summed E-state index contributed by atoms with van der Waals surface area (Å²) in [5.41, 5.74) is 5.53. The monoisotopic (exact) mass is 283 g/mol. The van der Waals surface area contributed by atoms with E-state index in [-0.39, 0.29) is 10.7 Å². The van der Waals surface area contributed by atoms with Crippen LogP contribution in [0.25, 0.3) is 0 Å². The molecule has 0 radical (unpaired) electrons. The van der Waals surface area contributed by atoms with E-state index in [1.165, 1.54) is 17.4 Å². The number of hydrogen-bond acceptors (Lipinski definition) is 6. The van der Waals surface area contributed by atoms with Gasteiger partial charge < -0.3 is 10.6 Å². The molecule has 18 heavy (non-hydrogen) atoms. The van der Waals surface area contributed by atoms with Gasteiger partial charge in [-0.25, -0.2) is 4.98 Å². The lowest BCUT2D eigenvalue weighted by atomic mass is 10.2. The summed E-state index contributed by atoms with van der Waals surface area (Å²) in [5, 5.41) is 10.5. The molecular formula is C10H10ClN5OS. The SMILES string of the molecule is CN(Cc1nccs1)c1nnc(Cl)cc1C(N)=O. The van der Waals surface area contributed by atoms with E-state index in [0.717, 1.165) is 5.01 Å². The van der Waals surface area contributed by atoms with Gasteiger partial charge in [0.1, 0.15) is 5.01 Å². The third-order valence-electron chi connectivity index (χ3n) is 2.23. The maximum Gasteiger partial charge on any atom is 0.252 e. The maximum absolute atomic E-state index is 11.3. The molecule has 2 N–H and O–H groups in total. The second-order valence-corrected chi connectivity index (χ2v) is 4.92. The van der Waals surface area contributed by atoms with Gasteiger partial charge in [-0.3, -0.25) is 4.79 Å². The van der Waals surface area contributed by atoms with Gasteiger partial charge in [0, 0.05) is 18.6 Å². The minimum absolute atomic E-state index is 0.134. The first-order chi connectivity index (χ1) is 8.58. The normalized spacial score (nSPS) is 10.3. The second kappa shape index (κ2) is 5.28. The Balaban J connectivity index is 2.29. The molecule has 1 amide bonds. The Labute approximate surface area is 112 Å². The van der Waals surface area contributed by atoms with Gasteiger partial charge in [-0.2, -0.15) is 0 Å². The molecule has 0 aliphatic rings. The summed E-state index contributed by atoms with van der Waals surface area (Å²) in [5.74, 6) is -0.199. The molecule has 6 nitrogen and oxygen atoms in total. The predicted molar refractivity (Wildman–Crippen MR) is 69.8 cm³/mol. The average Bonchev–Trinajstić information content (AvgIpc) is 2.81. The smallest absolute Gasteiger partial charge is 0.252 e. The first kappa shape index (κ1) is 12.7. The largest absolute Gasteiger partial charge is 0.365 e. The van der Waals surface area contributed by atoms with Crippen LogP contribution in [0, 0.1) is 0 Å². The molecule has 2 heterocycles. The highest BCUT2D eigenvalue weighted by atomic mass is 35.5. The van der Waals surface area contributed by atoms with Crippen molar-refractivity contribution in [1.82, 2.24) is 15.2 Å². The summed E-state index contributed by atoms with van der Waals surface area (Å²) in [4.78, 5) is 17.2. The van der Waals surface area contributed by atoms with Gasteiger partial charge in [0.15, 0.2) is 11.0 Å². The number of amides is 1. The van der Waals surface area contributed by atoms with E-state index in [4.69, 9.17) is 17.3 Å². The molecule has 2 rings (SSSR count). The third-order valence-corrected chi connectivity index (χ3v) is 3.18. The number of rotatable bonds is 4. The number of nitrogens with zero attached hydrogens (tertiary/aromatic N) is 4. The minimum atomic E-state index is -0.590. The van der Waals surface area contributed by atoms with Crippen molar-refractivity contribution in [3.8, 4) is 0 Å². The minimum Gasteiger partial charge on any atom is -0.365 e. The highest BCUT2D eigenvalue weighted by Crippen LogP contribution is 2.20. The summed E-state index contributed by atoms with van der Waals surface area (Å²) in [6.07, 6.45) is 1.72. The predicted octanol–water partition coefficient (Wildman–Crippen LogP) is 1.32. The molecule has 0 bridgehead atoms. The van der Waals surface area contributed by atoms with Gasteiger partial charge in [0.25, 0.3) is 5.91 Å². The first-order valence-electron chi connectivity index (χ1n) is 5.00. The van der Waals surface area contributed by atoms with Gasteiger partial charge in [-0.05, 0) is 6.07 Å². The number of primary amides is 1. The van der Waals surface area contributed by atoms with Crippen LogP contribution in [-0.4, -0.2) is 28.1 Å². The van der Waals surface area contributed by atoms with Crippen LogP contribution in [0.2, 0.25) is 5.15 Å². The molecule has 0 aliphatic carbocycles. The molecule has 0 aromatic carbocycles. The zero-order valence-electron chi connectivity index (χ0n) is 9.50. The first-order valence-corrected chi connectivity index (χ1v) is 6.26. The fraction of sp³-hybridized carbons (Fsp3) is 0.200. The number of carbonyl (C=O) groups excluding carboxylic acids is 1. The molecule has 8 heteroatoms. The summed E-state index contributed by atoms with van der Waals surface area (Å²) in [6.45, 7) is 0.522. The Morgan fingerprint density at radius 3 is 2.94 bits per heavy atom. The number of thiazole rings is 1. The zero-order valence-corrected chi connectivity index (χ0v) is 11.1. The summed E-state index contributed by atoms with van der Waals surface area (Å²) >= 11 is 7.22. The van der Waals surface area contributed by atoms with Crippen molar-refractivity contribution in [2.45, 2.75) is 6.54 Å². The number of nitrogens with two attached hydrogens (primary N) is 1. The van der Waals surface area contributed by atoms with E-state index in [2.05, 4.69) is 15.2 Å². The lowest BCUT2D eigenvalue weighted by molar-refractivity contribution is 0.1000. The Morgan fingerprint density at radius 2 is 2.33 bits per heavy atom. The van der Waals surface area contributed by atoms with Crippen molar-refractivity contribution < 1.29 is 4.79 Å². The molecule has 0 saturated carbocycles. The molecule has 0 fully saturated rings. The van der Waals surface area contributed by atoms with Crippen LogP contribution in [0.5, 0.6) is 0 Å². The molecule has 0 atom stereocenters. The molecule has 0 saturated heterocycles. The van der Waals surface area contributed by atoms with E-state index in [1.54, 1.807) is 18.1 Å². The lowest BCUT2D eigenvalue weighted by Crippen LogP contribution is -2.23. The van der Waals surface area contributed by atoms with Crippen molar-refractivity contribution in [1.29, 1.82) is 0 Å². The number of anilines is 1. The molecule has 2 aromatic heterocycles.